The number of H-pyrrole nitrogens is 1. The number of nitrogens with one attached hydrogen (secondary N) is 2. The van der Waals surface area contributed by atoms with E-state index >= 15 is 0 Å². The molecule has 0 bridgehead atoms. The molecule has 8 nitrogen and oxygen atoms in total. The van der Waals surface area contributed by atoms with E-state index in [2.05, 4.69) is 44.5 Å². The fourth-order valence-electron chi connectivity index (χ4n) is 4.30. The van der Waals surface area contributed by atoms with E-state index in [4.69, 9.17) is 4.74 Å². The molecule has 0 aliphatic carbocycles. The molecule has 2 aromatic carbocycles. The number of fused-ring (bicyclic) bond motifs is 1. The maximum atomic E-state index is 12.9. The van der Waals surface area contributed by atoms with Gasteiger partial charge in [-0.05, 0) is 29.3 Å². The molecule has 1 fully saturated rings. The zero-order valence-corrected chi connectivity index (χ0v) is 19.0. The first-order valence-electron chi connectivity index (χ1n) is 11.4. The maximum absolute atomic E-state index is 12.9. The van der Waals surface area contributed by atoms with Gasteiger partial charge in [-0.3, -0.25) is 19.2 Å². The summed E-state index contributed by atoms with van der Waals surface area (Å²) < 4.78 is 7.41. The van der Waals surface area contributed by atoms with Gasteiger partial charge in [-0.2, -0.15) is 0 Å². The van der Waals surface area contributed by atoms with Gasteiger partial charge < -0.3 is 10.1 Å². The molecule has 2 N–H and O–H groups in total. The number of carbonyl (C=O) groups is 1. The van der Waals surface area contributed by atoms with Gasteiger partial charge in [0.15, 0.2) is 5.65 Å². The Morgan fingerprint density at radius 2 is 2.00 bits per heavy atom. The summed E-state index contributed by atoms with van der Waals surface area (Å²) >= 11 is 0. The van der Waals surface area contributed by atoms with Crippen LogP contribution in [-0.2, 0) is 18.3 Å². The summed E-state index contributed by atoms with van der Waals surface area (Å²) in [6.07, 6.45) is 1.65. The minimum atomic E-state index is -0.208. The van der Waals surface area contributed by atoms with Crippen molar-refractivity contribution in [2.24, 2.45) is 7.05 Å². The number of rotatable bonds is 6. The SMILES string of the molecule is Cn1c(=O)[nH]c2ncc(-c3cccc(C(=O)NCC4CN(Cc5ccccc5)CCO4)c3)cc21. The van der Waals surface area contributed by atoms with Crippen LogP contribution in [0, 0.1) is 0 Å². The first-order chi connectivity index (χ1) is 16.6. The number of pyridine rings is 1. The number of carbonyl (C=O) groups excluding carboxylic acids is 1. The van der Waals surface area contributed by atoms with Gasteiger partial charge in [0.1, 0.15) is 0 Å². The number of aromatic amines is 1. The number of morpholine rings is 1. The number of aryl methyl sites for hydroxylation is 1. The number of nitrogens with zero attached hydrogens (tertiary/aromatic N) is 3. The molecule has 8 heteroatoms. The highest BCUT2D eigenvalue weighted by Gasteiger charge is 2.21. The molecule has 0 radical (unpaired) electrons. The quantitative estimate of drug-likeness (QED) is 0.464. The van der Waals surface area contributed by atoms with E-state index in [0.717, 1.165) is 30.8 Å². The van der Waals surface area contributed by atoms with Gasteiger partial charge >= 0.3 is 5.69 Å². The van der Waals surface area contributed by atoms with Gasteiger partial charge in [-0.25, -0.2) is 9.78 Å². The van der Waals surface area contributed by atoms with Gasteiger partial charge in [0.05, 0.1) is 18.2 Å². The minimum absolute atomic E-state index is 0.0499. The Morgan fingerprint density at radius 3 is 2.85 bits per heavy atom. The molecule has 3 heterocycles. The van der Waals surface area contributed by atoms with Gasteiger partial charge in [-0.1, -0.05) is 42.5 Å². The normalized spacial score (nSPS) is 16.6. The van der Waals surface area contributed by atoms with E-state index in [1.165, 1.54) is 10.1 Å². The monoisotopic (exact) mass is 457 g/mol. The number of hydrogen-bond donors (Lipinski definition) is 2. The Labute approximate surface area is 197 Å². The maximum Gasteiger partial charge on any atom is 0.327 e. The number of benzene rings is 2. The third-order valence-electron chi connectivity index (χ3n) is 6.18. The standard InChI is InChI=1S/C26H27N5O3/c1-30-23-13-21(14-27-24(23)29-26(30)33)19-8-5-9-20(12-19)25(32)28-15-22-17-31(10-11-34-22)16-18-6-3-2-4-7-18/h2-9,12-14,22H,10-11,15-17H2,1H3,(H,28,32)(H,27,29,33). The fourth-order valence-corrected chi connectivity index (χ4v) is 4.30. The van der Waals surface area contributed by atoms with Crippen LogP contribution in [0.3, 0.4) is 0 Å². The molecular formula is C26H27N5O3. The highest BCUT2D eigenvalue weighted by Crippen LogP contribution is 2.22. The van der Waals surface area contributed by atoms with Crippen LogP contribution in [0.2, 0.25) is 0 Å². The third-order valence-corrected chi connectivity index (χ3v) is 6.18. The topological polar surface area (TPSA) is 92.2 Å². The van der Waals surface area contributed by atoms with Gasteiger partial charge in [0, 0.05) is 50.6 Å². The molecule has 2 aromatic heterocycles. The van der Waals surface area contributed by atoms with Crippen LogP contribution >= 0.6 is 0 Å². The Kier molecular flexibility index (Phi) is 6.24. The van der Waals surface area contributed by atoms with Gasteiger partial charge in [0.25, 0.3) is 5.91 Å². The summed E-state index contributed by atoms with van der Waals surface area (Å²) in [5, 5.41) is 3.02. The minimum Gasteiger partial charge on any atom is -0.374 e. The number of imidazole rings is 1. The van der Waals surface area contributed by atoms with Crippen molar-refractivity contribution in [1.82, 2.24) is 24.8 Å². The summed E-state index contributed by atoms with van der Waals surface area (Å²) in [6.45, 7) is 3.64. The lowest BCUT2D eigenvalue weighted by Crippen LogP contribution is -2.47. The number of amides is 1. The van der Waals surface area contributed by atoms with Crippen molar-refractivity contribution in [2.45, 2.75) is 12.6 Å². The average Bonchev–Trinajstić information content (AvgIpc) is 3.16. The Hall–Kier alpha value is -3.75. The summed E-state index contributed by atoms with van der Waals surface area (Å²) in [5.41, 5.74) is 4.59. The number of aromatic nitrogens is 3. The van der Waals surface area contributed by atoms with E-state index in [-0.39, 0.29) is 17.7 Å². The van der Waals surface area contributed by atoms with Gasteiger partial charge in [0.2, 0.25) is 0 Å². The lowest BCUT2D eigenvalue weighted by Gasteiger charge is -2.33. The molecule has 1 saturated heterocycles. The second kappa shape index (κ2) is 9.62. The molecule has 34 heavy (non-hydrogen) atoms. The highest BCUT2D eigenvalue weighted by molar-refractivity contribution is 5.95. The molecule has 1 aliphatic rings. The van der Waals surface area contributed by atoms with Crippen LogP contribution in [0.1, 0.15) is 15.9 Å². The average molecular weight is 458 g/mol. The summed E-state index contributed by atoms with van der Waals surface area (Å²) in [6, 6.07) is 19.7. The molecule has 174 valence electrons. The Balaban J connectivity index is 1.23. The van der Waals surface area contributed by atoms with Crippen molar-refractivity contribution in [1.29, 1.82) is 0 Å². The number of ether oxygens (including phenoxy) is 1. The summed E-state index contributed by atoms with van der Waals surface area (Å²) in [5.74, 6) is -0.145. The zero-order valence-electron chi connectivity index (χ0n) is 19.0. The van der Waals surface area contributed by atoms with Crippen LogP contribution in [0.5, 0.6) is 0 Å². The van der Waals surface area contributed by atoms with Crippen molar-refractivity contribution < 1.29 is 9.53 Å². The van der Waals surface area contributed by atoms with Gasteiger partial charge in [-0.15, -0.1) is 0 Å². The summed E-state index contributed by atoms with van der Waals surface area (Å²) in [7, 11) is 1.70. The van der Waals surface area contributed by atoms with Crippen molar-refractivity contribution >= 4 is 17.1 Å². The second-order valence-corrected chi connectivity index (χ2v) is 8.59. The molecule has 4 aromatic rings. The molecule has 1 unspecified atom stereocenters. The molecule has 0 spiro atoms. The lowest BCUT2D eigenvalue weighted by molar-refractivity contribution is -0.0292. The fraction of sp³-hybridized carbons (Fsp3) is 0.269. The predicted octanol–water partition coefficient (Wildman–Crippen LogP) is 2.56. The third kappa shape index (κ3) is 4.78. The van der Waals surface area contributed by atoms with E-state index in [9.17, 15) is 9.59 Å². The largest absolute Gasteiger partial charge is 0.374 e. The lowest BCUT2D eigenvalue weighted by atomic mass is 10.0. The molecule has 1 aliphatic heterocycles. The van der Waals surface area contributed by atoms with Crippen LogP contribution in [0.4, 0.5) is 0 Å². The number of hydrogen-bond acceptors (Lipinski definition) is 5. The second-order valence-electron chi connectivity index (χ2n) is 8.59. The molecule has 5 rings (SSSR count). The molecule has 0 saturated carbocycles. The van der Waals surface area contributed by atoms with E-state index < -0.39 is 0 Å². The van der Waals surface area contributed by atoms with Crippen molar-refractivity contribution in [3.63, 3.8) is 0 Å². The highest BCUT2D eigenvalue weighted by atomic mass is 16.5. The van der Waals surface area contributed by atoms with Crippen LogP contribution in [0.25, 0.3) is 22.3 Å². The molecule has 1 amide bonds. The Morgan fingerprint density at radius 1 is 1.15 bits per heavy atom. The van der Waals surface area contributed by atoms with Crippen LogP contribution in [-0.4, -0.2) is 57.7 Å². The van der Waals surface area contributed by atoms with Crippen LogP contribution < -0.4 is 11.0 Å². The molecular weight excluding hydrogens is 430 g/mol. The summed E-state index contributed by atoms with van der Waals surface area (Å²) in [4.78, 5) is 34.1. The predicted molar refractivity (Wildman–Crippen MR) is 131 cm³/mol. The first-order valence-corrected chi connectivity index (χ1v) is 11.4. The van der Waals surface area contributed by atoms with E-state index in [0.29, 0.717) is 29.9 Å². The first kappa shape index (κ1) is 22.1. The van der Waals surface area contributed by atoms with Crippen molar-refractivity contribution in [3.05, 3.63) is 88.5 Å². The Bertz CT molecular complexity index is 1360. The zero-order chi connectivity index (χ0) is 23.5. The van der Waals surface area contributed by atoms with E-state index in [1.54, 1.807) is 19.3 Å². The van der Waals surface area contributed by atoms with Crippen LogP contribution in [0.15, 0.2) is 71.7 Å². The van der Waals surface area contributed by atoms with E-state index in [1.807, 2.05) is 30.3 Å². The van der Waals surface area contributed by atoms with Crippen molar-refractivity contribution in [2.75, 3.05) is 26.2 Å². The smallest absolute Gasteiger partial charge is 0.327 e. The molecule has 1 atom stereocenters. The van der Waals surface area contributed by atoms with Crippen molar-refractivity contribution in [3.8, 4) is 11.1 Å².